The highest BCUT2D eigenvalue weighted by Gasteiger charge is 2.62. The van der Waals surface area contributed by atoms with Crippen LogP contribution in [0.5, 0.6) is 11.5 Å². The second-order valence-electron chi connectivity index (χ2n) is 11.5. The Bertz CT molecular complexity index is 1350. The molecule has 1 aliphatic heterocycles. The SMILES string of the molecule is COc1c([C@@H]2CCCN2CC(C)C)cc(O)c2c1C[C@H]1C[C@H]3[C@H](N)C(O)=C(C(N)=O)C(=O)[C@@]3(O)C(O)=C1C2=O. The summed E-state index contributed by atoms with van der Waals surface area (Å²) in [5.74, 6) is -6.36. The number of aliphatic hydroxyl groups excluding tert-OH is 2. The predicted molar refractivity (Wildman–Crippen MR) is 139 cm³/mol. The van der Waals surface area contributed by atoms with Crippen LogP contribution >= 0.6 is 0 Å². The molecule has 0 aromatic heterocycles. The number of ether oxygens (including phenoxy) is 1. The van der Waals surface area contributed by atoms with Crippen LogP contribution in [-0.2, 0) is 16.0 Å². The molecule has 8 N–H and O–H groups in total. The summed E-state index contributed by atoms with van der Waals surface area (Å²) >= 11 is 0. The number of methoxy groups -OCH3 is 1. The summed E-state index contributed by atoms with van der Waals surface area (Å²) in [5.41, 5.74) is 8.72. The molecule has 1 aromatic rings. The third-order valence-electron chi connectivity index (χ3n) is 8.76. The van der Waals surface area contributed by atoms with Crippen molar-refractivity contribution in [3.05, 3.63) is 45.4 Å². The van der Waals surface area contributed by atoms with Crippen molar-refractivity contribution in [2.24, 2.45) is 29.2 Å². The number of aliphatic hydroxyl groups is 3. The van der Waals surface area contributed by atoms with Crippen molar-refractivity contribution in [2.45, 2.75) is 57.2 Å². The van der Waals surface area contributed by atoms with Crippen molar-refractivity contribution in [3.63, 3.8) is 0 Å². The summed E-state index contributed by atoms with van der Waals surface area (Å²) in [7, 11) is 1.51. The first-order chi connectivity index (χ1) is 18.3. The molecule has 0 spiro atoms. The van der Waals surface area contributed by atoms with Crippen LogP contribution in [-0.4, -0.2) is 74.6 Å². The molecule has 1 heterocycles. The monoisotopic (exact) mass is 541 g/mol. The van der Waals surface area contributed by atoms with Crippen molar-refractivity contribution < 1.29 is 39.5 Å². The first-order valence-electron chi connectivity index (χ1n) is 13.2. The lowest BCUT2D eigenvalue weighted by Gasteiger charge is -2.47. The van der Waals surface area contributed by atoms with Crippen molar-refractivity contribution in [1.29, 1.82) is 0 Å². The lowest BCUT2D eigenvalue weighted by molar-refractivity contribution is -0.145. The number of likely N-dealkylation sites (tertiary alicyclic amines) is 1. The number of aromatic hydroxyl groups is 1. The molecule has 1 amide bonds. The molecule has 11 heteroatoms. The highest BCUT2D eigenvalue weighted by molar-refractivity contribution is 6.24. The maximum Gasteiger partial charge on any atom is 0.255 e. The Hall–Kier alpha value is -3.41. The van der Waals surface area contributed by atoms with Gasteiger partial charge < -0.3 is 36.6 Å². The Kier molecular flexibility index (Phi) is 6.52. The molecule has 0 saturated carbocycles. The van der Waals surface area contributed by atoms with E-state index in [2.05, 4.69) is 18.7 Å². The number of nitrogens with zero attached hydrogens (tertiary/aromatic N) is 1. The summed E-state index contributed by atoms with van der Waals surface area (Å²) in [6.07, 6.45) is 1.95. The molecule has 11 nitrogen and oxygen atoms in total. The molecule has 1 saturated heterocycles. The van der Waals surface area contributed by atoms with E-state index >= 15 is 0 Å². The quantitative estimate of drug-likeness (QED) is 0.296. The summed E-state index contributed by atoms with van der Waals surface area (Å²) in [4.78, 5) is 41.2. The van der Waals surface area contributed by atoms with Crippen molar-refractivity contribution in [2.75, 3.05) is 20.2 Å². The second kappa shape index (κ2) is 9.35. The van der Waals surface area contributed by atoms with Crippen molar-refractivity contribution in [1.82, 2.24) is 4.90 Å². The summed E-state index contributed by atoms with van der Waals surface area (Å²) < 4.78 is 5.85. The third kappa shape index (κ3) is 3.78. The molecule has 5 rings (SSSR count). The number of phenolic OH excluding ortho intramolecular Hbond substituents is 1. The van der Waals surface area contributed by atoms with Crippen LogP contribution in [0.3, 0.4) is 0 Å². The zero-order valence-electron chi connectivity index (χ0n) is 22.2. The molecule has 1 fully saturated rings. The van der Waals surface area contributed by atoms with Crippen LogP contribution in [0, 0.1) is 17.8 Å². The van der Waals surface area contributed by atoms with Gasteiger partial charge in [-0.1, -0.05) is 13.8 Å². The van der Waals surface area contributed by atoms with Crippen LogP contribution in [0.1, 0.15) is 60.6 Å². The highest BCUT2D eigenvalue weighted by atomic mass is 16.5. The van der Waals surface area contributed by atoms with Gasteiger partial charge in [0.2, 0.25) is 5.78 Å². The van der Waals surface area contributed by atoms with Crippen LogP contribution in [0.4, 0.5) is 0 Å². The van der Waals surface area contributed by atoms with Gasteiger partial charge in [0.25, 0.3) is 5.91 Å². The fraction of sp³-hybridized carbons (Fsp3) is 0.536. The van der Waals surface area contributed by atoms with E-state index in [1.807, 2.05) is 0 Å². The molecule has 4 aliphatic rings. The fourth-order valence-electron chi connectivity index (χ4n) is 7.14. The summed E-state index contributed by atoms with van der Waals surface area (Å²) in [5, 5.41) is 44.3. The van der Waals surface area contributed by atoms with Gasteiger partial charge in [-0.15, -0.1) is 0 Å². The average Bonchev–Trinajstić information content (AvgIpc) is 3.31. The number of allylic oxidation sites excluding steroid dienone is 1. The number of amides is 1. The number of carbonyl (C=O) groups is 3. The first-order valence-corrected chi connectivity index (χ1v) is 13.2. The number of nitrogens with two attached hydrogens (primary N) is 2. The Morgan fingerprint density at radius 3 is 2.56 bits per heavy atom. The lowest BCUT2D eigenvalue weighted by atomic mass is 9.59. The van der Waals surface area contributed by atoms with Crippen LogP contribution in [0.2, 0.25) is 0 Å². The first kappa shape index (κ1) is 27.2. The number of rotatable bonds is 5. The van der Waals surface area contributed by atoms with Crippen molar-refractivity contribution in [3.8, 4) is 11.5 Å². The molecular weight excluding hydrogens is 506 g/mol. The zero-order chi connectivity index (χ0) is 28.5. The molecule has 5 atom stereocenters. The number of phenols is 1. The van der Waals surface area contributed by atoms with E-state index < -0.39 is 58.0 Å². The number of benzene rings is 1. The van der Waals surface area contributed by atoms with Gasteiger partial charge in [0, 0.05) is 35.2 Å². The van der Waals surface area contributed by atoms with Crippen LogP contribution in [0.15, 0.2) is 28.7 Å². The van der Waals surface area contributed by atoms with Gasteiger partial charge in [-0.3, -0.25) is 19.3 Å². The third-order valence-corrected chi connectivity index (χ3v) is 8.76. The smallest absolute Gasteiger partial charge is 0.255 e. The molecule has 0 radical (unpaired) electrons. The van der Waals surface area contributed by atoms with Gasteiger partial charge in [-0.2, -0.15) is 0 Å². The minimum atomic E-state index is -2.73. The van der Waals surface area contributed by atoms with Crippen LogP contribution < -0.4 is 16.2 Å². The van der Waals surface area contributed by atoms with Gasteiger partial charge in [0.05, 0.1) is 18.7 Å². The van der Waals surface area contributed by atoms with E-state index in [9.17, 15) is 34.8 Å². The number of Topliss-reactive ketones (excluding diaryl/α,β-unsaturated/α-hetero) is 2. The van der Waals surface area contributed by atoms with E-state index in [0.29, 0.717) is 17.2 Å². The fourth-order valence-corrected chi connectivity index (χ4v) is 7.14. The lowest BCUT2D eigenvalue weighted by Crippen LogP contribution is -2.63. The Morgan fingerprint density at radius 2 is 1.95 bits per heavy atom. The molecule has 1 aromatic carbocycles. The van der Waals surface area contributed by atoms with E-state index in [1.54, 1.807) is 0 Å². The number of primary amides is 1. The number of fused-ring (bicyclic) bond motifs is 3. The maximum atomic E-state index is 13.8. The minimum absolute atomic E-state index is 0.00543. The zero-order valence-corrected chi connectivity index (χ0v) is 22.2. The van der Waals surface area contributed by atoms with Gasteiger partial charge in [-0.25, -0.2) is 0 Å². The van der Waals surface area contributed by atoms with Gasteiger partial charge in [0.1, 0.15) is 28.6 Å². The Labute approximate surface area is 225 Å². The molecule has 0 unspecified atom stereocenters. The summed E-state index contributed by atoms with van der Waals surface area (Å²) in [6.45, 7) is 6.05. The number of carbonyl (C=O) groups excluding carboxylic acids is 3. The van der Waals surface area contributed by atoms with E-state index in [4.69, 9.17) is 16.2 Å². The van der Waals surface area contributed by atoms with Crippen molar-refractivity contribution >= 4 is 17.5 Å². The predicted octanol–water partition coefficient (Wildman–Crippen LogP) is 1.32. The van der Waals surface area contributed by atoms with E-state index in [1.165, 1.54) is 13.2 Å². The number of hydrogen-bond donors (Lipinski definition) is 6. The second-order valence-corrected chi connectivity index (χ2v) is 11.5. The standard InChI is InChI=1S/C28H35N3O8/c1-11(2)10-31-6-4-5-16(31)13-9-17(32)19-14(24(13)39-3)7-12-8-15-21(29)23(34)20(27(30)37)26(36)28(15,38)25(35)18(12)22(19)33/h9,11-12,15-16,21,32,34-35,38H,4-8,10,29H2,1-3H3,(H2,30,37)/t12-,15-,16-,21-,28-/m0/s1. The van der Waals surface area contributed by atoms with Gasteiger partial charge in [-0.05, 0) is 50.1 Å². The number of hydrogen-bond acceptors (Lipinski definition) is 10. The summed E-state index contributed by atoms with van der Waals surface area (Å²) in [6, 6.07) is 0.138. The van der Waals surface area contributed by atoms with E-state index in [0.717, 1.165) is 31.5 Å². The molecular formula is C28H35N3O8. The maximum absolute atomic E-state index is 13.8. The largest absolute Gasteiger partial charge is 0.510 e. The Morgan fingerprint density at radius 1 is 1.26 bits per heavy atom. The number of ketones is 2. The van der Waals surface area contributed by atoms with Gasteiger partial charge >= 0.3 is 0 Å². The molecule has 210 valence electrons. The topological polar surface area (TPSA) is 197 Å². The molecule has 0 bridgehead atoms. The molecule has 39 heavy (non-hydrogen) atoms. The average molecular weight is 542 g/mol. The highest BCUT2D eigenvalue weighted by Crippen LogP contribution is 2.53. The normalized spacial score (nSPS) is 30.9. The van der Waals surface area contributed by atoms with Gasteiger partial charge in [0.15, 0.2) is 11.4 Å². The Balaban J connectivity index is 1.65. The van der Waals surface area contributed by atoms with E-state index in [-0.39, 0.29) is 35.8 Å². The molecule has 3 aliphatic carbocycles. The van der Waals surface area contributed by atoms with Crippen LogP contribution in [0.25, 0.3) is 0 Å². The minimum Gasteiger partial charge on any atom is -0.510 e.